The zero-order chi connectivity index (χ0) is 17.2. The Bertz CT molecular complexity index is 1020. The minimum absolute atomic E-state index is 0.731. The Balaban J connectivity index is 1.95. The summed E-state index contributed by atoms with van der Waals surface area (Å²) in [7, 11) is 3.35. The number of rotatable bonds is 4. The highest BCUT2D eigenvalue weighted by Gasteiger charge is 2.15. The third-order valence-corrected chi connectivity index (χ3v) is 4.27. The molecule has 0 atom stereocenters. The second-order valence-corrected chi connectivity index (χ2v) is 5.69. The van der Waals surface area contributed by atoms with E-state index >= 15 is 0 Å². The molecule has 4 nitrogen and oxygen atoms in total. The normalized spacial score (nSPS) is 10.8. The summed E-state index contributed by atoms with van der Waals surface area (Å²) < 4.78 is 13.2. The zero-order valence-corrected chi connectivity index (χ0v) is 14.1. The molecular formula is C21H18N2O2. The van der Waals surface area contributed by atoms with Crippen molar-refractivity contribution < 1.29 is 9.47 Å². The summed E-state index contributed by atoms with van der Waals surface area (Å²) in [6.45, 7) is 0. The largest absolute Gasteiger partial charge is 0.496 e. The lowest BCUT2D eigenvalue weighted by Crippen LogP contribution is -1.98. The van der Waals surface area contributed by atoms with Gasteiger partial charge in [-0.05, 0) is 29.3 Å². The molecule has 124 valence electrons. The average molecular weight is 330 g/mol. The van der Waals surface area contributed by atoms with E-state index < -0.39 is 0 Å². The van der Waals surface area contributed by atoms with E-state index in [0.717, 1.165) is 39.7 Å². The van der Waals surface area contributed by atoms with Crippen molar-refractivity contribution >= 4 is 5.65 Å². The lowest BCUT2D eigenvalue weighted by molar-refractivity contribution is 0.392. The maximum atomic E-state index is 5.67. The van der Waals surface area contributed by atoms with Crippen LogP contribution < -0.4 is 9.47 Å². The molecule has 0 fully saturated rings. The number of benzene rings is 2. The highest BCUT2D eigenvalue weighted by atomic mass is 16.5. The van der Waals surface area contributed by atoms with Gasteiger partial charge in [0.2, 0.25) is 0 Å². The Morgan fingerprint density at radius 2 is 1.56 bits per heavy atom. The van der Waals surface area contributed by atoms with Crippen molar-refractivity contribution in [2.24, 2.45) is 0 Å². The molecule has 2 heterocycles. The molecule has 25 heavy (non-hydrogen) atoms. The van der Waals surface area contributed by atoms with E-state index in [0.29, 0.717) is 0 Å². The Labute approximate surface area is 146 Å². The molecular weight excluding hydrogens is 312 g/mol. The molecule has 0 aliphatic rings. The van der Waals surface area contributed by atoms with Gasteiger partial charge in [-0.1, -0.05) is 42.5 Å². The fraction of sp³-hybridized carbons (Fsp3) is 0.0952. The fourth-order valence-electron chi connectivity index (χ4n) is 3.07. The van der Waals surface area contributed by atoms with Gasteiger partial charge in [-0.25, -0.2) is 4.98 Å². The Hall–Kier alpha value is -3.27. The number of pyridine rings is 1. The van der Waals surface area contributed by atoms with Crippen LogP contribution in [0.4, 0.5) is 0 Å². The van der Waals surface area contributed by atoms with Crippen LogP contribution in [0.25, 0.3) is 28.0 Å². The minimum atomic E-state index is 0.731. The van der Waals surface area contributed by atoms with E-state index in [2.05, 4.69) is 23.2 Å². The predicted octanol–water partition coefficient (Wildman–Crippen LogP) is 4.69. The highest BCUT2D eigenvalue weighted by molar-refractivity contribution is 5.75. The smallest absolute Gasteiger partial charge is 0.200 e. The Kier molecular flexibility index (Phi) is 3.86. The summed E-state index contributed by atoms with van der Waals surface area (Å²) in [6.07, 6.45) is 1.85. The first-order valence-electron chi connectivity index (χ1n) is 8.06. The van der Waals surface area contributed by atoms with Crippen LogP contribution >= 0.6 is 0 Å². The van der Waals surface area contributed by atoms with Crippen molar-refractivity contribution in [2.75, 3.05) is 14.2 Å². The van der Waals surface area contributed by atoms with Gasteiger partial charge in [-0.2, -0.15) is 0 Å². The third-order valence-electron chi connectivity index (χ3n) is 4.27. The van der Waals surface area contributed by atoms with E-state index in [1.807, 2.05) is 59.1 Å². The topological polar surface area (TPSA) is 35.8 Å². The van der Waals surface area contributed by atoms with Crippen molar-refractivity contribution in [1.82, 2.24) is 9.38 Å². The van der Waals surface area contributed by atoms with Gasteiger partial charge in [0.05, 0.1) is 26.1 Å². The van der Waals surface area contributed by atoms with Crippen molar-refractivity contribution in [3.05, 3.63) is 72.9 Å². The number of imidazole rings is 1. The molecule has 0 amide bonds. The van der Waals surface area contributed by atoms with E-state index in [1.54, 1.807) is 14.2 Å². The average Bonchev–Trinajstić information content (AvgIpc) is 3.11. The van der Waals surface area contributed by atoms with Crippen molar-refractivity contribution in [2.45, 2.75) is 0 Å². The lowest BCUT2D eigenvalue weighted by Gasteiger charge is -2.12. The van der Waals surface area contributed by atoms with Crippen LogP contribution in [0.1, 0.15) is 0 Å². The van der Waals surface area contributed by atoms with Gasteiger partial charge < -0.3 is 9.47 Å². The van der Waals surface area contributed by atoms with Crippen LogP contribution in [0, 0.1) is 0 Å². The van der Waals surface area contributed by atoms with Gasteiger partial charge >= 0.3 is 0 Å². The first-order chi connectivity index (χ1) is 12.3. The number of hydrogen-bond donors (Lipinski definition) is 0. The summed E-state index contributed by atoms with van der Waals surface area (Å²) in [5, 5.41) is 0. The summed E-state index contributed by atoms with van der Waals surface area (Å²) in [5.74, 6) is 1.54. The van der Waals surface area contributed by atoms with Crippen LogP contribution in [0.2, 0.25) is 0 Å². The fourth-order valence-corrected chi connectivity index (χ4v) is 3.07. The van der Waals surface area contributed by atoms with Crippen LogP contribution in [0.3, 0.4) is 0 Å². The molecule has 0 bridgehead atoms. The molecule has 0 saturated carbocycles. The quantitative estimate of drug-likeness (QED) is 0.545. The molecule has 2 aromatic carbocycles. The number of ether oxygens (including phenoxy) is 2. The van der Waals surface area contributed by atoms with Crippen LogP contribution in [0.5, 0.6) is 11.6 Å². The number of hydrogen-bond acceptors (Lipinski definition) is 3. The van der Waals surface area contributed by atoms with Gasteiger partial charge in [0.15, 0.2) is 5.88 Å². The number of methoxy groups -OCH3 is 2. The van der Waals surface area contributed by atoms with E-state index in [-0.39, 0.29) is 0 Å². The molecule has 0 unspecified atom stereocenters. The van der Waals surface area contributed by atoms with E-state index in [9.17, 15) is 0 Å². The molecule has 2 aromatic heterocycles. The first kappa shape index (κ1) is 15.3. The molecule has 4 aromatic rings. The van der Waals surface area contributed by atoms with Gasteiger partial charge in [0.1, 0.15) is 11.4 Å². The number of fused-ring (bicyclic) bond motifs is 1. The molecule has 0 aliphatic heterocycles. The minimum Gasteiger partial charge on any atom is -0.496 e. The summed E-state index contributed by atoms with van der Waals surface area (Å²) in [5.41, 5.74) is 4.94. The standard InChI is InChI=1S/C21H18N2O2/c1-24-19-11-7-6-10-17(19)18-14-22-20-12-16(13-21(25-2)23(18)20)15-8-4-3-5-9-15/h3-14H,1-2H3. The second kappa shape index (κ2) is 6.32. The zero-order valence-electron chi connectivity index (χ0n) is 14.1. The molecule has 4 heteroatoms. The van der Waals surface area contributed by atoms with Gasteiger partial charge in [-0.3, -0.25) is 4.40 Å². The van der Waals surface area contributed by atoms with Crippen LogP contribution in [0.15, 0.2) is 72.9 Å². The SMILES string of the molecule is COc1ccccc1-c1cnc2cc(-c3ccccc3)cc(OC)n12. The molecule has 0 N–H and O–H groups in total. The van der Waals surface area contributed by atoms with Crippen molar-refractivity contribution in [3.63, 3.8) is 0 Å². The number of nitrogens with zero attached hydrogens (tertiary/aromatic N) is 2. The van der Waals surface area contributed by atoms with Gasteiger partial charge in [-0.15, -0.1) is 0 Å². The van der Waals surface area contributed by atoms with Crippen LogP contribution in [-0.4, -0.2) is 23.6 Å². The second-order valence-electron chi connectivity index (χ2n) is 5.69. The maximum Gasteiger partial charge on any atom is 0.200 e. The number of aromatic nitrogens is 2. The molecule has 4 rings (SSSR count). The summed E-state index contributed by atoms with van der Waals surface area (Å²) >= 11 is 0. The maximum absolute atomic E-state index is 5.67. The molecule has 0 aliphatic carbocycles. The molecule has 0 radical (unpaired) electrons. The van der Waals surface area contributed by atoms with Crippen molar-refractivity contribution in [3.8, 4) is 34.0 Å². The Morgan fingerprint density at radius 3 is 2.32 bits per heavy atom. The van der Waals surface area contributed by atoms with Gasteiger partial charge in [0.25, 0.3) is 0 Å². The molecule has 0 spiro atoms. The summed E-state index contributed by atoms with van der Waals surface area (Å²) in [4.78, 5) is 4.59. The summed E-state index contributed by atoms with van der Waals surface area (Å²) in [6, 6.07) is 22.2. The van der Waals surface area contributed by atoms with Gasteiger partial charge in [0, 0.05) is 11.6 Å². The third kappa shape index (κ3) is 2.62. The van der Waals surface area contributed by atoms with E-state index in [4.69, 9.17) is 9.47 Å². The van der Waals surface area contributed by atoms with Crippen LogP contribution in [-0.2, 0) is 0 Å². The van der Waals surface area contributed by atoms with E-state index in [1.165, 1.54) is 0 Å². The lowest BCUT2D eigenvalue weighted by atomic mass is 10.1. The van der Waals surface area contributed by atoms with Crippen molar-refractivity contribution in [1.29, 1.82) is 0 Å². The highest BCUT2D eigenvalue weighted by Crippen LogP contribution is 2.34. The Morgan fingerprint density at radius 1 is 0.800 bits per heavy atom. The molecule has 0 saturated heterocycles. The number of para-hydroxylation sites is 1. The first-order valence-corrected chi connectivity index (χ1v) is 8.06. The predicted molar refractivity (Wildman–Crippen MR) is 99.2 cm³/mol. The monoisotopic (exact) mass is 330 g/mol.